The van der Waals surface area contributed by atoms with Crippen LogP contribution in [0.15, 0.2) is 54.4 Å². The van der Waals surface area contributed by atoms with Crippen LogP contribution in [0.1, 0.15) is 31.0 Å². The minimum absolute atomic E-state index is 0.0950. The molecule has 1 unspecified atom stereocenters. The third kappa shape index (κ3) is 4.19. The van der Waals surface area contributed by atoms with E-state index >= 15 is 0 Å². The van der Waals surface area contributed by atoms with Crippen molar-refractivity contribution < 1.29 is 24.0 Å². The van der Waals surface area contributed by atoms with Gasteiger partial charge >= 0.3 is 0 Å². The molecule has 2 aromatic rings. The molecular formula is C22H24FN3O3. The average Bonchev–Trinajstić information content (AvgIpc) is 3.00. The van der Waals surface area contributed by atoms with Crippen LogP contribution >= 0.6 is 0 Å². The number of hydrogen-bond acceptors (Lipinski definition) is 4. The predicted octanol–water partition coefficient (Wildman–Crippen LogP) is 0.369. The summed E-state index contributed by atoms with van der Waals surface area (Å²) in [4.78, 5) is 32.4. The molecule has 0 aliphatic carbocycles. The van der Waals surface area contributed by atoms with Gasteiger partial charge in [0.1, 0.15) is 5.82 Å². The summed E-state index contributed by atoms with van der Waals surface area (Å²) in [5.74, 6) is -2.50. The molecular weight excluding hydrogens is 373 g/mol. The number of rotatable bonds is 7. The average molecular weight is 397 g/mol. The maximum Gasteiger partial charge on any atom is 0.295 e. The van der Waals surface area contributed by atoms with Gasteiger partial charge < -0.3 is 14.9 Å². The van der Waals surface area contributed by atoms with Crippen molar-refractivity contribution in [1.29, 1.82) is 0 Å². The first-order valence-corrected chi connectivity index (χ1v) is 9.73. The molecule has 1 aromatic carbocycles. The summed E-state index contributed by atoms with van der Waals surface area (Å²) in [6.45, 7) is 6.95. The van der Waals surface area contributed by atoms with Crippen LogP contribution in [-0.2, 0) is 9.59 Å². The third-order valence-electron chi connectivity index (χ3n) is 5.36. The fourth-order valence-corrected chi connectivity index (χ4v) is 3.63. The zero-order valence-electron chi connectivity index (χ0n) is 16.5. The summed E-state index contributed by atoms with van der Waals surface area (Å²) in [6, 6.07) is 7.61. The number of amides is 1. The molecule has 1 saturated heterocycles. The third-order valence-corrected chi connectivity index (χ3v) is 5.36. The number of Topliss-reactive ketones (excluding diaryl/α,β-unsaturated/α-hetero) is 1. The van der Waals surface area contributed by atoms with Crippen molar-refractivity contribution in [2.24, 2.45) is 0 Å². The second-order valence-corrected chi connectivity index (χ2v) is 6.97. The Bertz CT molecular complexity index is 909. The van der Waals surface area contributed by atoms with Crippen LogP contribution in [0.5, 0.6) is 0 Å². The van der Waals surface area contributed by atoms with Crippen LogP contribution in [-0.4, -0.2) is 47.8 Å². The van der Waals surface area contributed by atoms with E-state index in [-0.39, 0.29) is 11.1 Å². The molecule has 0 spiro atoms. The largest absolute Gasteiger partial charge is 0.872 e. The van der Waals surface area contributed by atoms with Crippen LogP contribution in [0.25, 0.3) is 5.76 Å². The van der Waals surface area contributed by atoms with Crippen LogP contribution in [0, 0.1) is 5.82 Å². The second-order valence-electron chi connectivity index (χ2n) is 6.97. The standard InChI is InChI=1S/C22H24FN3O3/c1-3-25(4-2)13-14-26-19(15-9-11-24-12-10-15)18(21(28)22(26)29)20(27)16-5-7-17(23)8-6-16/h5-12,19,27H,3-4,13-14H2,1-2H3. The first-order valence-electron chi connectivity index (χ1n) is 9.73. The van der Waals surface area contributed by atoms with Crippen LogP contribution in [0.2, 0.25) is 0 Å². The number of halogens is 1. The number of likely N-dealkylation sites (N-methyl/N-ethyl adjacent to an activating group) is 1. The molecule has 1 fully saturated rings. The Morgan fingerprint density at radius 2 is 1.72 bits per heavy atom. The number of pyridine rings is 1. The molecule has 0 bridgehead atoms. The summed E-state index contributed by atoms with van der Waals surface area (Å²) in [5, 5.41) is 13.1. The Labute approximate surface area is 169 Å². The topological polar surface area (TPSA) is 77.8 Å². The molecule has 0 saturated carbocycles. The SMILES string of the molecule is CC[NH+](CC)CCN1C(=O)C(=O)C(=C([O-])c2ccc(F)cc2)C1c1ccncc1. The van der Waals surface area contributed by atoms with Crippen molar-refractivity contribution in [3.05, 3.63) is 71.3 Å². The molecule has 2 heterocycles. The quantitative estimate of drug-likeness (QED) is 0.416. The first kappa shape index (κ1) is 20.7. The summed E-state index contributed by atoms with van der Waals surface area (Å²) < 4.78 is 13.3. The van der Waals surface area contributed by atoms with Crippen molar-refractivity contribution in [3.63, 3.8) is 0 Å². The summed E-state index contributed by atoms with van der Waals surface area (Å²) >= 11 is 0. The van der Waals surface area contributed by atoms with Crippen LogP contribution in [0.3, 0.4) is 0 Å². The number of quaternary nitrogens is 1. The zero-order chi connectivity index (χ0) is 21.0. The molecule has 1 N–H and O–H groups in total. The highest BCUT2D eigenvalue weighted by atomic mass is 19.1. The lowest BCUT2D eigenvalue weighted by Crippen LogP contribution is -3.12. The lowest BCUT2D eigenvalue weighted by Gasteiger charge is -2.28. The monoisotopic (exact) mass is 397 g/mol. The van der Waals surface area contributed by atoms with Crippen molar-refractivity contribution in [1.82, 2.24) is 9.88 Å². The van der Waals surface area contributed by atoms with Crippen molar-refractivity contribution >= 4 is 17.4 Å². The smallest absolute Gasteiger partial charge is 0.295 e. The van der Waals surface area contributed by atoms with E-state index in [0.29, 0.717) is 18.7 Å². The van der Waals surface area contributed by atoms with Crippen molar-refractivity contribution in [2.75, 3.05) is 26.2 Å². The summed E-state index contributed by atoms with van der Waals surface area (Å²) in [6.07, 6.45) is 3.13. The van der Waals surface area contributed by atoms with E-state index in [9.17, 15) is 19.1 Å². The van der Waals surface area contributed by atoms with Gasteiger partial charge in [0, 0.05) is 18.0 Å². The Morgan fingerprint density at radius 1 is 1.10 bits per heavy atom. The molecule has 1 amide bonds. The van der Waals surface area contributed by atoms with Gasteiger partial charge in [0.15, 0.2) is 0 Å². The minimum Gasteiger partial charge on any atom is -0.872 e. The number of likely N-dealkylation sites (tertiary alicyclic amines) is 1. The Kier molecular flexibility index (Phi) is 6.39. The summed E-state index contributed by atoms with van der Waals surface area (Å²) in [7, 11) is 0. The molecule has 3 rings (SSSR count). The van der Waals surface area contributed by atoms with Gasteiger partial charge in [-0.2, -0.15) is 0 Å². The van der Waals surface area contributed by atoms with Gasteiger partial charge in [-0.15, -0.1) is 0 Å². The van der Waals surface area contributed by atoms with Gasteiger partial charge in [0.05, 0.1) is 32.2 Å². The highest BCUT2D eigenvalue weighted by Crippen LogP contribution is 2.38. The number of nitrogens with one attached hydrogen (secondary N) is 1. The highest BCUT2D eigenvalue weighted by Gasteiger charge is 2.44. The van der Waals surface area contributed by atoms with Crippen molar-refractivity contribution in [3.8, 4) is 0 Å². The molecule has 7 heteroatoms. The fourth-order valence-electron chi connectivity index (χ4n) is 3.63. The summed E-state index contributed by atoms with van der Waals surface area (Å²) in [5.41, 5.74) is 0.736. The number of hydrogen-bond donors (Lipinski definition) is 1. The fraction of sp³-hybridized carbons (Fsp3) is 0.318. The minimum atomic E-state index is -0.796. The predicted molar refractivity (Wildman–Crippen MR) is 104 cm³/mol. The maximum atomic E-state index is 13.3. The van der Waals surface area contributed by atoms with E-state index in [2.05, 4.69) is 18.8 Å². The number of carbonyl (C=O) groups is 2. The Morgan fingerprint density at radius 3 is 2.31 bits per heavy atom. The molecule has 1 aliphatic rings. The van der Waals surface area contributed by atoms with E-state index in [1.807, 2.05) is 0 Å². The van der Waals surface area contributed by atoms with Gasteiger partial charge in [-0.3, -0.25) is 14.6 Å². The van der Waals surface area contributed by atoms with Gasteiger partial charge in [-0.05, 0) is 49.2 Å². The van der Waals surface area contributed by atoms with E-state index in [0.717, 1.165) is 25.2 Å². The lowest BCUT2D eigenvalue weighted by atomic mass is 9.96. The Hall–Kier alpha value is -3.06. The lowest BCUT2D eigenvalue weighted by molar-refractivity contribution is -0.895. The molecule has 29 heavy (non-hydrogen) atoms. The highest BCUT2D eigenvalue weighted by molar-refractivity contribution is 6.46. The molecule has 1 atom stereocenters. The van der Waals surface area contributed by atoms with E-state index in [1.165, 1.54) is 21.9 Å². The van der Waals surface area contributed by atoms with E-state index in [1.54, 1.807) is 24.5 Å². The molecule has 0 radical (unpaired) electrons. The van der Waals surface area contributed by atoms with Crippen molar-refractivity contribution in [2.45, 2.75) is 19.9 Å². The maximum absolute atomic E-state index is 13.3. The molecule has 1 aromatic heterocycles. The zero-order valence-corrected chi connectivity index (χ0v) is 16.5. The number of nitrogens with zero attached hydrogens (tertiary/aromatic N) is 2. The van der Waals surface area contributed by atoms with E-state index < -0.39 is 29.3 Å². The van der Waals surface area contributed by atoms with Crippen LogP contribution < -0.4 is 10.0 Å². The molecule has 1 aliphatic heterocycles. The molecule has 152 valence electrons. The Balaban J connectivity index is 2.06. The van der Waals surface area contributed by atoms with Gasteiger partial charge in [0.2, 0.25) is 5.78 Å². The van der Waals surface area contributed by atoms with Gasteiger partial charge in [-0.25, -0.2) is 4.39 Å². The van der Waals surface area contributed by atoms with Gasteiger partial charge in [0.25, 0.3) is 5.91 Å². The normalized spacial score (nSPS) is 18.6. The number of aromatic nitrogens is 1. The molecule has 6 nitrogen and oxygen atoms in total. The van der Waals surface area contributed by atoms with E-state index in [4.69, 9.17) is 0 Å². The number of carbonyl (C=O) groups excluding carboxylic acids is 2. The second kappa shape index (κ2) is 8.96. The van der Waals surface area contributed by atoms with Gasteiger partial charge in [-0.1, -0.05) is 17.9 Å². The number of ketones is 1. The number of benzene rings is 1. The first-order chi connectivity index (χ1) is 14.0. The van der Waals surface area contributed by atoms with Crippen LogP contribution in [0.4, 0.5) is 4.39 Å².